The first-order valence-electron chi connectivity index (χ1n) is 26.0. The van der Waals surface area contributed by atoms with Crippen molar-refractivity contribution in [1.29, 1.82) is 0 Å². The number of ether oxygens (including phenoxy) is 2. The summed E-state index contributed by atoms with van der Waals surface area (Å²) in [6, 6.07) is 49.7. The standard InChI is InChI=1S/C63H57N7O9S2/c1-7-48(69-36-42-34-50(72)49(71)33-41(42)35-64-69)46-37-80-57-52(56(74)70(57)53(46)58(75)77-54(39-23-13-8-14-24-39)40-25-15-9-16-26-40)66-55(73)51(68-79-62(5,6)59(76)78-61(2,3)4)47-38-81-60(65-47)67-63(43-27-17-10-18-28-43,44-29-19-11-20-30-44)45-31-21-12-22-32-45/h7-36,38,52,54,57,72H,37H2,1-6H3,(H,65,67)(H,66,73)/b48-7+,68-51-/t52?,57-/m1/s1. The third-order valence-corrected chi connectivity index (χ3v) is 15.6. The van der Waals surface area contributed by atoms with Crippen LogP contribution in [0.3, 0.4) is 0 Å². The summed E-state index contributed by atoms with van der Waals surface area (Å²) in [6.45, 7) is 9.86. The number of aromatic nitrogens is 3. The fourth-order valence-corrected chi connectivity index (χ4v) is 11.7. The van der Waals surface area contributed by atoms with Gasteiger partial charge in [0, 0.05) is 34.0 Å². The lowest BCUT2D eigenvalue weighted by molar-refractivity contribution is -0.179. The number of thiazole rings is 1. The van der Waals surface area contributed by atoms with Crippen molar-refractivity contribution in [1.82, 2.24) is 25.0 Å². The van der Waals surface area contributed by atoms with Crippen LogP contribution >= 0.6 is 23.1 Å². The molecule has 0 radical (unpaired) electrons. The molecule has 3 N–H and O–H groups in total. The third kappa shape index (κ3) is 11.4. The van der Waals surface area contributed by atoms with Crippen molar-refractivity contribution in [2.75, 3.05) is 11.1 Å². The molecule has 3 aliphatic heterocycles. The van der Waals surface area contributed by atoms with Crippen molar-refractivity contribution >= 4 is 63.4 Å². The summed E-state index contributed by atoms with van der Waals surface area (Å²) in [5, 5.41) is 27.1. The summed E-state index contributed by atoms with van der Waals surface area (Å²) in [5.74, 6) is -3.35. The second kappa shape index (κ2) is 22.9. The molecular formula is C63H57N7O9S2. The second-order valence-electron chi connectivity index (χ2n) is 20.7. The molecule has 1 saturated heterocycles. The van der Waals surface area contributed by atoms with Crippen LogP contribution in [0.15, 0.2) is 209 Å². The van der Waals surface area contributed by atoms with Gasteiger partial charge in [0.2, 0.25) is 11.0 Å². The second-order valence-corrected chi connectivity index (χ2v) is 22.7. The number of oxime groups is 1. The average molecular weight is 1120 g/mol. The van der Waals surface area contributed by atoms with Crippen LogP contribution in [0.4, 0.5) is 5.13 Å². The number of allylic oxidation sites excluding steroid dienone is 2. The van der Waals surface area contributed by atoms with E-state index in [-0.39, 0.29) is 22.9 Å². The lowest BCUT2D eigenvalue weighted by Crippen LogP contribution is -2.71. The van der Waals surface area contributed by atoms with E-state index in [4.69, 9.17) is 19.3 Å². The Balaban J connectivity index is 1.02. The van der Waals surface area contributed by atoms with Crippen LogP contribution in [0.5, 0.6) is 5.75 Å². The number of aromatic hydroxyl groups is 1. The maximum Gasteiger partial charge on any atom is 0.356 e. The Bertz CT molecular complexity index is 3610. The third-order valence-electron chi connectivity index (χ3n) is 13.6. The van der Waals surface area contributed by atoms with Gasteiger partial charge in [-0.15, -0.1) is 23.1 Å². The molecule has 0 spiro atoms. The van der Waals surface area contributed by atoms with Crippen molar-refractivity contribution in [3.8, 4) is 16.9 Å². The Morgan fingerprint density at radius 2 is 1.33 bits per heavy atom. The minimum atomic E-state index is -1.70. The number of esters is 2. The van der Waals surface area contributed by atoms with Crippen LogP contribution in [0.25, 0.3) is 16.8 Å². The first kappa shape index (κ1) is 55.2. The van der Waals surface area contributed by atoms with Crippen LogP contribution in [-0.2, 0) is 39.0 Å². The molecule has 1 aromatic heterocycles. The molecule has 0 saturated carbocycles. The van der Waals surface area contributed by atoms with Crippen LogP contribution in [0, 0.1) is 0 Å². The lowest BCUT2D eigenvalue weighted by atomic mass is 9.77. The van der Waals surface area contributed by atoms with Crippen LogP contribution in [0.1, 0.15) is 81.2 Å². The van der Waals surface area contributed by atoms with Crippen molar-refractivity contribution in [3.63, 3.8) is 0 Å². The largest absolute Gasteiger partial charge is 0.504 e. The topological polar surface area (TPSA) is 204 Å². The molecule has 10 rings (SSSR count). The van der Waals surface area contributed by atoms with Gasteiger partial charge in [0.05, 0.1) is 11.9 Å². The summed E-state index contributed by atoms with van der Waals surface area (Å²) in [4.78, 5) is 83.3. The van der Waals surface area contributed by atoms with Gasteiger partial charge in [0.15, 0.2) is 22.7 Å². The Morgan fingerprint density at radius 1 is 0.778 bits per heavy atom. The van der Waals surface area contributed by atoms with E-state index < -0.39 is 69.2 Å². The molecule has 2 atom stereocenters. The summed E-state index contributed by atoms with van der Waals surface area (Å²) < 4.78 is 13.6. The molecule has 16 nitrogen and oxygen atoms in total. The summed E-state index contributed by atoms with van der Waals surface area (Å²) in [5.41, 5.74) is 1.43. The van der Waals surface area contributed by atoms with E-state index in [1.807, 2.05) is 152 Å². The molecule has 0 bridgehead atoms. The zero-order chi connectivity index (χ0) is 57.1. The number of nitrogens with zero attached hydrogens (tertiary/aromatic N) is 5. The zero-order valence-electron chi connectivity index (χ0n) is 45.1. The number of carbonyl (C=O) groups excluding carboxylic acids is 4. The number of nitrogens with one attached hydrogen (secondary N) is 2. The molecule has 4 heterocycles. The molecule has 5 aromatic carbocycles. The molecule has 18 heteroatoms. The van der Waals surface area contributed by atoms with Crippen molar-refractivity contribution in [2.24, 2.45) is 5.16 Å². The number of phenolic OH excluding ortho intramolecular Hbond substituents is 1. The quantitative estimate of drug-likeness (QED) is 0.0256. The van der Waals surface area contributed by atoms with Crippen molar-refractivity contribution in [2.45, 2.75) is 75.8 Å². The number of rotatable bonds is 17. The van der Waals surface area contributed by atoms with Gasteiger partial charge in [-0.05, 0) is 81.5 Å². The fourth-order valence-electron chi connectivity index (χ4n) is 9.63. The van der Waals surface area contributed by atoms with Gasteiger partial charge in [-0.25, -0.2) is 19.3 Å². The molecular weight excluding hydrogens is 1060 g/mol. The van der Waals surface area contributed by atoms with Crippen LogP contribution < -0.4 is 16.1 Å². The maximum atomic E-state index is 15.2. The van der Waals surface area contributed by atoms with E-state index in [9.17, 15) is 19.5 Å². The van der Waals surface area contributed by atoms with Gasteiger partial charge in [-0.2, -0.15) is 5.10 Å². The first-order chi connectivity index (χ1) is 39.0. The number of hydrogen-bond donors (Lipinski definition) is 3. The van der Waals surface area contributed by atoms with Gasteiger partial charge in [-0.1, -0.05) is 163 Å². The summed E-state index contributed by atoms with van der Waals surface area (Å²) in [6.07, 6.45) is 3.94. The van der Waals surface area contributed by atoms with E-state index in [2.05, 4.69) is 20.9 Å². The molecule has 410 valence electrons. The van der Waals surface area contributed by atoms with Gasteiger partial charge in [-0.3, -0.25) is 19.3 Å². The minimum Gasteiger partial charge on any atom is -0.504 e. The van der Waals surface area contributed by atoms with Crippen LogP contribution in [-0.4, -0.2) is 82.6 Å². The highest BCUT2D eigenvalue weighted by molar-refractivity contribution is 8.00. The lowest BCUT2D eigenvalue weighted by Gasteiger charge is -2.50. The van der Waals surface area contributed by atoms with E-state index >= 15 is 9.59 Å². The number of hydrogen-bond acceptors (Lipinski definition) is 15. The summed E-state index contributed by atoms with van der Waals surface area (Å²) >= 11 is 2.51. The molecule has 81 heavy (non-hydrogen) atoms. The molecule has 1 unspecified atom stereocenters. The molecule has 4 aliphatic rings. The van der Waals surface area contributed by atoms with E-state index in [0.29, 0.717) is 38.7 Å². The van der Waals surface area contributed by atoms with Gasteiger partial charge in [0.1, 0.15) is 33.9 Å². The van der Waals surface area contributed by atoms with Gasteiger partial charge < -0.3 is 30.1 Å². The van der Waals surface area contributed by atoms with Crippen LogP contribution in [0.2, 0.25) is 0 Å². The fraction of sp³-hybridized carbons (Fsp3) is 0.206. The Morgan fingerprint density at radius 3 is 1.88 bits per heavy atom. The highest BCUT2D eigenvalue weighted by Gasteiger charge is 2.55. The zero-order valence-corrected chi connectivity index (χ0v) is 46.7. The Hall–Kier alpha value is -9.13. The number of β-lactam (4-membered cyclic amide) rings is 1. The maximum absolute atomic E-state index is 15.2. The monoisotopic (exact) mass is 1120 g/mol. The molecule has 2 amide bonds. The number of benzene rings is 6. The smallest absolute Gasteiger partial charge is 0.356 e. The van der Waals surface area contributed by atoms with Gasteiger partial charge in [0.25, 0.3) is 11.8 Å². The van der Waals surface area contributed by atoms with E-state index in [0.717, 1.165) is 16.7 Å². The van der Waals surface area contributed by atoms with Crippen molar-refractivity contribution in [3.05, 3.63) is 243 Å². The number of amides is 2. The highest BCUT2D eigenvalue weighted by atomic mass is 32.2. The number of thioether (sulfide) groups is 1. The molecule has 1 aliphatic carbocycles. The number of phenols is 1. The minimum absolute atomic E-state index is 0.0692. The highest BCUT2D eigenvalue weighted by Crippen LogP contribution is 2.45. The number of carbonyl (C=O) groups is 4. The van der Waals surface area contributed by atoms with E-state index in [1.54, 1.807) is 45.3 Å². The molecule has 6 aromatic rings. The number of anilines is 1. The van der Waals surface area contributed by atoms with E-state index in [1.165, 1.54) is 64.9 Å². The first-order valence-corrected chi connectivity index (χ1v) is 28.0. The van der Waals surface area contributed by atoms with Gasteiger partial charge >= 0.3 is 11.9 Å². The normalized spacial score (nSPS) is 15.9. The Labute approximate surface area is 476 Å². The number of fused-ring (bicyclic) bond motifs is 2. The predicted octanol–water partition coefficient (Wildman–Crippen LogP) is 10.3. The SMILES string of the molecule is C/C=C(\C1=C(C(=O)OC(c2ccccc2)c2ccccc2)N2C(=O)C(NC(=O)/C(=N\OC(C)(C)C(=O)OC(C)(C)C)c3csc(NC(c4ccccc4)(c4ccccc4)c4ccccc4)n3)[C@H]2SC1)n1cc2cc(O)c(=O)cc-2cn1. The molecule has 1 fully saturated rings. The van der Waals surface area contributed by atoms with Crippen molar-refractivity contribution < 1.29 is 38.6 Å². The average Bonchev–Trinajstić information content (AvgIpc) is 3.32. The summed E-state index contributed by atoms with van der Waals surface area (Å²) in [7, 11) is 0. The Kier molecular flexibility index (Phi) is 15.6. The predicted molar refractivity (Wildman–Crippen MR) is 312 cm³/mol.